The Morgan fingerprint density at radius 3 is 2.65 bits per heavy atom. The van der Waals surface area contributed by atoms with Crippen LogP contribution >= 0.6 is 11.3 Å². The first-order valence-electron chi connectivity index (χ1n) is 11.8. The second-order valence-corrected chi connectivity index (χ2v) is 12.2. The van der Waals surface area contributed by atoms with Crippen molar-refractivity contribution in [3.63, 3.8) is 0 Å². The molecule has 188 valence electrons. The number of rotatable bonds is 8. The lowest BCUT2D eigenvalue weighted by atomic mass is 9.99. The van der Waals surface area contributed by atoms with Crippen LogP contribution in [0.4, 0.5) is 0 Å². The molecule has 2 saturated heterocycles. The molecule has 2 aliphatic heterocycles. The fourth-order valence-electron chi connectivity index (χ4n) is 4.48. The van der Waals surface area contributed by atoms with Gasteiger partial charge in [-0.25, -0.2) is 13.4 Å². The van der Waals surface area contributed by atoms with Gasteiger partial charge in [0.1, 0.15) is 16.3 Å². The maximum absolute atomic E-state index is 13.3. The van der Waals surface area contributed by atoms with Crippen LogP contribution < -0.4 is 10.9 Å². The molecule has 0 bridgehead atoms. The van der Waals surface area contributed by atoms with E-state index in [1.165, 1.54) is 39.4 Å². The number of sulfonamides is 1. The van der Waals surface area contributed by atoms with Crippen molar-refractivity contribution in [3.8, 4) is 0 Å². The summed E-state index contributed by atoms with van der Waals surface area (Å²) in [7, 11) is -3.87. The Balaban J connectivity index is 1.43. The first-order valence-corrected chi connectivity index (χ1v) is 14.1. The van der Waals surface area contributed by atoms with Crippen LogP contribution in [0.3, 0.4) is 0 Å². The third-order valence-corrected chi connectivity index (χ3v) is 9.74. The van der Waals surface area contributed by atoms with Gasteiger partial charge >= 0.3 is 0 Å². The van der Waals surface area contributed by atoms with E-state index in [0.717, 1.165) is 32.0 Å². The number of carbonyl (C=O) groups excluding carboxylic acids is 1. The second kappa shape index (κ2) is 10.8. The lowest BCUT2D eigenvalue weighted by molar-refractivity contribution is -0.121. The van der Waals surface area contributed by atoms with Crippen molar-refractivity contribution in [2.45, 2.75) is 44.6 Å². The van der Waals surface area contributed by atoms with Crippen LogP contribution in [0, 0.1) is 12.8 Å². The Morgan fingerprint density at radius 2 is 1.94 bits per heavy atom. The third kappa shape index (κ3) is 5.51. The van der Waals surface area contributed by atoms with Gasteiger partial charge in [0, 0.05) is 24.5 Å². The number of fused-ring (bicyclic) bond motifs is 1. The largest absolute Gasteiger partial charge is 0.379 e. The zero-order valence-corrected chi connectivity index (χ0v) is 21.4. The molecule has 2 aromatic rings. The summed E-state index contributed by atoms with van der Waals surface area (Å²) in [5.74, 6) is 0.497. The summed E-state index contributed by atoms with van der Waals surface area (Å²) in [5.41, 5.74) is -0.515. The molecular weight excluding hydrogens is 478 g/mol. The van der Waals surface area contributed by atoms with E-state index < -0.39 is 15.6 Å². The van der Waals surface area contributed by atoms with Crippen molar-refractivity contribution in [2.24, 2.45) is 5.92 Å². The summed E-state index contributed by atoms with van der Waals surface area (Å²) in [6, 6.07) is 0. The first-order chi connectivity index (χ1) is 16.3. The van der Waals surface area contributed by atoms with Gasteiger partial charge in [-0.05, 0) is 51.7 Å². The van der Waals surface area contributed by atoms with Crippen LogP contribution in [-0.2, 0) is 26.1 Å². The Bertz CT molecular complexity index is 1180. The number of aryl methyl sites for hydroxylation is 1. The molecule has 0 spiro atoms. The van der Waals surface area contributed by atoms with Gasteiger partial charge in [0.25, 0.3) is 5.56 Å². The van der Waals surface area contributed by atoms with Crippen LogP contribution in [0.2, 0.25) is 0 Å². The number of hydrogen-bond acceptors (Lipinski definition) is 8. The molecule has 34 heavy (non-hydrogen) atoms. The molecular formula is C22H33N5O5S2. The number of aromatic nitrogens is 2. The zero-order valence-electron chi connectivity index (χ0n) is 19.8. The van der Waals surface area contributed by atoms with Gasteiger partial charge in [0.2, 0.25) is 15.9 Å². The summed E-state index contributed by atoms with van der Waals surface area (Å²) in [6.07, 6.45) is 4.60. The number of carbonyl (C=O) groups is 1. The highest BCUT2D eigenvalue weighted by Gasteiger charge is 2.32. The molecule has 1 N–H and O–H groups in total. The molecule has 0 aliphatic carbocycles. The van der Waals surface area contributed by atoms with Crippen molar-refractivity contribution < 1.29 is 17.9 Å². The number of amides is 1. The predicted octanol–water partition coefficient (Wildman–Crippen LogP) is 1.03. The summed E-state index contributed by atoms with van der Waals surface area (Å²) in [5, 5.41) is 2.92. The number of likely N-dealkylation sites (tertiary alicyclic amines) is 1. The van der Waals surface area contributed by atoms with E-state index in [4.69, 9.17) is 4.74 Å². The van der Waals surface area contributed by atoms with Crippen molar-refractivity contribution in [1.82, 2.24) is 24.1 Å². The van der Waals surface area contributed by atoms with Gasteiger partial charge in [-0.1, -0.05) is 6.92 Å². The molecule has 0 unspecified atom stereocenters. The molecule has 0 atom stereocenters. The number of thiophene rings is 1. The Hall–Kier alpha value is -1.86. The molecule has 10 nitrogen and oxygen atoms in total. The lowest BCUT2D eigenvalue weighted by Crippen LogP contribution is -2.41. The number of morpholine rings is 1. The summed E-state index contributed by atoms with van der Waals surface area (Å²) >= 11 is 1.18. The van der Waals surface area contributed by atoms with Gasteiger partial charge in [-0.3, -0.25) is 14.2 Å². The Kier molecular flexibility index (Phi) is 8.03. The summed E-state index contributed by atoms with van der Waals surface area (Å²) in [4.78, 5) is 33.3. The van der Waals surface area contributed by atoms with E-state index in [1.807, 2.05) is 0 Å². The van der Waals surface area contributed by atoms with Crippen molar-refractivity contribution in [1.29, 1.82) is 0 Å². The van der Waals surface area contributed by atoms with Gasteiger partial charge in [0.05, 0.1) is 24.9 Å². The average Bonchev–Trinajstić information content (AvgIpc) is 3.18. The van der Waals surface area contributed by atoms with Gasteiger partial charge in [-0.2, -0.15) is 4.31 Å². The van der Waals surface area contributed by atoms with E-state index in [-0.39, 0.29) is 35.8 Å². The quantitative estimate of drug-likeness (QED) is 0.527. The van der Waals surface area contributed by atoms with E-state index in [1.54, 1.807) is 6.92 Å². The molecule has 0 aromatic carbocycles. The van der Waals surface area contributed by atoms with Crippen LogP contribution in [0.15, 0.2) is 16.0 Å². The van der Waals surface area contributed by atoms with Crippen LogP contribution in [-0.4, -0.2) is 85.6 Å². The molecule has 1 amide bonds. The lowest BCUT2D eigenvalue weighted by Gasteiger charge is -2.30. The van der Waals surface area contributed by atoms with Crippen molar-refractivity contribution in [2.75, 3.05) is 52.5 Å². The highest BCUT2D eigenvalue weighted by molar-refractivity contribution is 7.89. The molecule has 4 heterocycles. The monoisotopic (exact) mass is 511 g/mol. The molecule has 2 aromatic heterocycles. The van der Waals surface area contributed by atoms with E-state index >= 15 is 0 Å². The maximum atomic E-state index is 13.3. The maximum Gasteiger partial charge on any atom is 0.263 e. The van der Waals surface area contributed by atoms with E-state index in [2.05, 4.69) is 22.1 Å². The normalized spacial score (nSPS) is 19.0. The molecule has 4 rings (SSSR count). The summed E-state index contributed by atoms with van der Waals surface area (Å²) in [6.45, 7) is 8.57. The third-order valence-electron chi connectivity index (χ3n) is 6.53. The standard InChI is InChI=1S/C22H33N5O5S2/c1-16-4-8-25(9-5-16)7-3-6-23-18(28)14-26-15-24-21-19(22(26)29)20(17(2)33-21)34(30,31)27-10-12-32-13-11-27/h15-16H,3-14H2,1-2H3,(H,23,28). The molecule has 0 radical (unpaired) electrons. The first kappa shape index (κ1) is 25.2. The minimum atomic E-state index is -3.87. The second-order valence-electron chi connectivity index (χ2n) is 9.09. The van der Waals surface area contributed by atoms with Gasteiger partial charge in [-0.15, -0.1) is 11.3 Å². The SMILES string of the molecule is Cc1sc2ncn(CC(=O)NCCCN3CCC(C)CC3)c(=O)c2c1S(=O)(=O)N1CCOCC1. The Morgan fingerprint density at radius 1 is 1.24 bits per heavy atom. The van der Waals surface area contributed by atoms with Crippen LogP contribution in [0.1, 0.15) is 31.1 Å². The van der Waals surface area contributed by atoms with E-state index in [9.17, 15) is 18.0 Å². The molecule has 2 fully saturated rings. The molecule has 2 aliphatic rings. The fraction of sp³-hybridized carbons (Fsp3) is 0.682. The van der Waals surface area contributed by atoms with E-state index in [0.29, 0.717) is 29.5 Å². The van der Waals surface area contributed by atoms with Crippen LogP contribution in [0.25, 0.3) is 10.2 Å². The number of hydrogen-bond donors (Lipinski definition) is 1. The number of nitrogens with zero attached hydrogens (tertiary/aromatic N) is 4. The topological polar surface area (TPSA) is 114 Å². The predicted molar refractivity (Wildman–Crippen MR) is 131 cm³/mol. The number of nitrogens with one attached hydrogen (secondary N) is 1. The highest BCUT2D eigenvalue weighted by Crippen LogP contribution is 2.33. The minimum Gasteiger partial charge on any atom is -0.379 e. The molecule has 0 saturated carbocycles. The minimum absolute atomic E-state index is 0.00231. The van der Waals surface area contributed by atoms with Crippen LogP contribution in [0.5, 0.6) is 0 Å². The van der Waals surface area contributed by atoms with Crippen molar-refractivity contribution in [3.05, 3.63) is 21.6 Å². The van der Waals surface area contributed by atoms with Gasteiger partial charge < -0.3 is 15.0 Å². The van der Waals surface area contributed by atoms with Crippen molar-refractivity contribution >= 4 is 37.5 Å². The smallest absolute Gasteiger partial charge is 0.263 e. The number of piperidine rings is 1. The highest BCUT2D eigenvalue weighted by atomic mass is 32.2. The fourth-order valence-corrected chi connectivity index (χ4v) is 7.55. The zero-order chi connectivity index (χ0) is 24.3. The summed E-state index contributed by atoms with van der Waals surface area (Å²) < 4.78 is 34.4. The van der Waals surface area contributed by atoms with Gasteiger partial charge in [0.15, 0.2) is 0 Å². The Labute approximate surface area is 203 Å². The number of ether oxygens (including phenoxy) is 1. The molecule has 12 heteroatoms. The average molecular weight is 512 g/mol.